The van der Waals surface area contributed by atoms with Crippen LogP contribution in [0.15, 0.2) is 36.7 Å². The minimum Gasteiger partial charge on any atom is -0.240 e. The Balaban J connectivity index is 2.60. The Hall–Kier alpha value is -2.15. The highest BCUT2D eigenvalue weighted by Crippen LogP contribution is 2.13. The molecule has 0 N–H and O–H groups in total. The number of nitriles is 1. The van der Waals surface area contributed by atoms with Crippen molar-refractivity contribution in [1.82, 2.24) is 9.78 Å². The first-order chi connectivity index (χ1) is 6.81. The van der Waals surface area contributed by atoms with Crippen LogP contribution in [0.2, 0.25) is 0 Å². The molecule has 0 fully saturated rings. The van der Waals surface area contributed by atoms with Gasteiger partial charge in [-0.25, -0.2) is 9.07 Å². The molecule has 14 heavy (non-hydrogen) atoms. The molecule has 0 unspecified atom stereocenters. The summed E-state index contributed by atoms with van der Waals surface area (Å²) in [5, 5.41) is 12.8. The molecule has 0 amide bonds. The Morgan fingerprint density at radius 1 is 1.43 bits per heavy atom. The molecule has 68 valence electrons. The predicted molar refractivity (Wildman–Crippen MR) is 48.2 cm³/mol. The molecule has 1 aromatic heterocycles. The number of hydrogen-bond donors (Lipinski definition) is 0. The van der Waals surface area contributed by atoms with Crippen molar-refractivity contribution in [1.29, 1.82) is 5.26 Å². The summed E-state index contributed by atoms with van der Waals surface area (Å²) >= 11 is 0. The van der Waals surface area contributed by atoms with Crippen LogP contribution >= 0.6 is 0 Å². The van der Waals surface area contributed by atoms with Crippen LogP contribution in [0.25, 0.3) is 5.69 Å². The second-order valence-corrected chi connectivity index (χ2v) is 2.72. The van der Waals surface area contributed by atoms with Gasteiger partial charge in [0.15, 0.2) is 0 Å². The van der Waals surface area contributed by atoms with E-state index in [4.69, 9.17) is 5.26 Å². The normalized spacial score (nSPS) is 9.71. The van der Waals surface area contributed by atoms with Gasteiger partial charge in [0.2, 0.25) is 0 Å². The highest BCUT2D eigenvalue weighted by molar-refractivity contribution is 5.48. The van der Waals surface area contributed by atoms with E-state index < -0.39 is 5.82 Å². The lowest BCUT2D eigenvalue weighted by atomic mass is 10.2. The van der Waals surface area contributed by atoms with Crippen molar-refractivity contribution in [3.05, 3.63) is 48.0 Å². The van der Waals surface area contributed by atoms with Crippen molar-refractivity contribution in [2.24, 2.45) is 0 Å². The summed E-state index contributed by atoms with van der Waals surface area (Å²) < 4.78 is 14.3. The van der Waals surface area contributed by atoms with Crippen molar-refractivity contribution >= 4 is 0 Å². The maximum Gasteiger partial charge on any atom is 0.124 e. The largest absolute Gasteiger partial charge is 0.240 e. The van der Waals surface area contributed by atoms with E-state index in [1.807, 2.05) is 6.07 Å². The van der Waals surface area contributed by atoms with Gasteiger partial charge in [-0.15, -0.1) is 0 Å². The lowest BCUT2D eigenvalue weighted by Gasteiger charge is -2.02. The summed E-state index contributed by atoms with van der Waals surface area (Å²) in [6, 6.07) is 7.69. The molecule has 4 heteroatoms. The summed E-state index contributed by atoms with van der Waals surface area (Å²) in [5.74, 6) is -0.419. The molecular formula is C10H6FN3. The van der Waals surface area contributed by atoms with Crippen molar-refractivity contribution in [2.75, 3.05) is 0 Å². The summed E-state index contributed by atoms with van der Waals surface area (Å²) in [6.07, 6.45) is 3.30. The van der Waals surface area contributed by atoms with Crippen LogP contribution in [0.5, 0.6) is 0 Å². The number of rotatable bonds is 1. The summed E-state index contributed by atoms with van der Waals surface area (Å²) in [6.45, 7) is 0. The van der Waals surface area contributed by atoms with Crippen molar-refractivity contribution in [2.45, 2.75) is 0 Å². The molecule has 0 atom stereocenters. The fourth-order valence-electron chi connectivity index (χ4n) is 1.21. The summed E-state index contributed by atoms with van der Waals surface area (Å²) in [4.78, 5) is 0. The van der Waals surface area contributed by atoms with Gasteiger partial charge in [-0.2, -0.15) is 10.4 Å². The van der Waals surface area contributed by atoms with Crippen LogP contribution in [0.3, 0.4) is 0 Å². The standard InChI is InChI=1S/C10H6FN3/c11-9-2-3-10(8(6-9)7-12)14-5-1-4-13-14/h1-6H. The van der Waals surface area contributed by atoms with Gasteiger partial charge in [-0.3, -0.25) is 0 Å². The minimum absolute atomic E-state index is 0.272. The molecule has 2 aromatic rings. The molecule has 0 aliphatic rings. The molecule has 0 aliphatic heterocycles. The van der Waals surface area contributed by atoms with Crippen molar-refractivity contribution < 1.29 is 4.39 Å². The Kier molecular flexibility index (Phi) is 1.99. The van der Waals surface area contributed by atoms with E-state index in [1.165, 1.54) is 22.9 Å². The third-order valence-electron chi connectivity index (χ3n) is 1.83. The van der Waals surface area contributed by atoms with Gasteiger partial charge in [-0.1, -0.05) is 0 Å². The first-order valence-electron chi connectivity index (χ1n) is 4.01. The fourth-order valence-corrected chi connectivity index (χ4v) is 1.21. The second kappa shape index (κ2) is 3.30. The number of aromatic nitrogens is 2. The van der Waals surface area contributed by atoms with Gasteiger partial charge in [0, 0.05) is 12.4 Å². The van der Waals surface area contributed by atoms with Crippen LogP contribution in [0, 0.1) is 17.1 Å². The molecule has 0 aliphatic carbocycles. The monoisotopic (exact) mass is 187 g/mol. The van der Waals surface area contributed by atoms with Gasteiger partial charge < -0.3 is 0 Å². The van der Waals surface area contributed by atoms with Crippen LogP contribution < -0.4 is 0 Å². The zero-order valence-corrected chi connectivity index (χ0v) is 7.18. The Morgan fingerprint density at radius 2 is 2.29 bits per heavy atom. The van der Waals surface area contributed by atoms with E-state index in [9.17, 15) is 4.39 Å². The molecule has 1 heterocycles. The highest BCUT2D eigenvalue weighted by atomic mass is 19.1. The highest BCUT2D eigenvalue weighted by Gasteiger charge is 2.04. The average Bonchev–Trinajstić information content (AvgIpc) is 2.70. The number of nitrogens with zero attached hydrogens (tertiary/aromatic N) is 3. The van der Waals surface area contributed by atoms with Crippen molar-refractivity contribution in [3.8, 4) is 11.8 Å². The third kappa shape index (κ3) is 1.36. The van der Waals surface area contributed by atoms with Crippen LogP contribution in [-0.4, -0.2) is 9.78 Å². The van der Waals surface area contributed by atoms with E-state index >= 15 is 0 Å². The molecule has 0 radical (unpaired) electrons. The predicted octanol–water partition coefficient (Wildman–Crippen LogP) is 1.88. The zero-order valence-electron chi connectivity index (χ0n) is 7.18. The van der Waals surface area contributed by atoms with E-state index in [0.29, 0.717) is 5.69 Å². The molecule has 2 rings (SSSR count). The molecule has 0 saturated carbocycles. The maximum absolute atomic E-state index is 12.8. The SMILES string of the molecule is N#Cc1cc(F)ccc1-n1cccn1. The van der Waals surface area contributed by atoms with E-state index in [0.717, 1.165) is 0 Å². The number of halogens is 1. The quantitative estimate of drug-likeness (QED) is 0.684. The zero-order chi connectivity index (χ0) is 9.97. The Morgan fingerprint density at radius 3 is 2.93 bits per heavy atom. The molecule has 0 bridgehead atoms. The van der Waals surface area contributed by atoms with Gasteiger partial charge in [-0.05, 0) is 24.3 Å². The summed E-state index contributed by atoms with van der Waals surface area (Å²) in [7, 11) is 0. The minimum atomic E-state index is -0.419. The first kappa shape index (κ1) is 8.45. The van der Waals surface area contributed by atoms with E-state index in [2.05, 4.69) is 5.10 Å². The number of hydrogen-bond acceptors (Lipinski definition) is 2. The Bertz CT molecular complexity index is 483. The molecule has 3 nitrogen and oxygen atoms in total. The van der Waals surface area contributed by atoms with Crippen LogP contribution in [-0.2, 0) is 0 Å². The molecular weight excluding hydrogens is 181 g/mol. The number of benzene rings is 1. The van der Waals surface area contributed by atoms with Gasteiger partial charge in [0.25, 0.3) is 0 Å². The molecule has 0 saturated heterocycles. The average molecular weight is 187 g/mol. The van der Waals surface area contributed by atoms with Crippen molar-refractivity contribution in [3.63, 3.8) is 0 Å². The maximum atomic E-state index is 12.8. The third-order valence-corrected chi connectivity index (χ3v) is 1.83. The topological polar surface area (TPSA) is 41.6 Å². The lowest BCUT2D eigenvalue weighted by molar-refractivity contribution is 0.626. The van der Waals surface area contributed by atoms with E-state index in [-0.39, 0.29) is 5.56 Å². The van der Waals surface area contributed by atoms with Crippen LogP contribution in [0.4, 0.5) is 4.39 Å². The Labute approximate surface area is 80.0 Å². The molecule has 0 spiro atoms. The fraction of sp³-hybridized carbons (Fsp3) is 0. The van der Waals surface area contributed by atoms with E-state index in [1.54, 1.807) is 18.5 Å². The first-order valence-corrected chi connectivity index (χ1v) is 4.01. The van der Waals surface area contributed by atoms with Gasteiger partial charge >= 0.3 is 0 Å². The van der Waals surface area contributed by atoms with Gasteiger partial charge in [0.1, 0.15) is 11.9 Å². The summed E-state index contributed by atoms with van der Waals surface area (Å²) in [5.41, 5.74) is 0.854. The second-order valence-electron chi connectivity index (χ2n) is 2.72. The molecule has 1 aromatic carbocycles. The van der Waals surface area contributed by atoms with Gasteiger partial charge in [0.05, 0.1) is 11.3 Å². The van der Waals surface area contributed by atoms with Crippen LogP contribution in [0.1, 0.15) is 5.56 Å². The smallest absolute Gasteiger partial charge is 0.124 e. The lowest BCUT2D eigenvalue weighted by Crippen LogP contribution is -1.98.